The van der Waals surface area contributed by atoms with Crippen molar-refractivity contribution in [1.29, 1.82) is 0 Å². The van der Waals surface area contributed by atoms with Gasteiger partial charge in [0.1, 0.15) is 0 Å². The smallest absolute Gasteiger partial charge is 0.242 e. The minimum absolute atomic E-state index is 0.171. The van der Waals surface area contributed by atoms with E-state index in [4.69, 9.17) is 5.11 Å². The maximum atomic E-state index is 11.9. The zero-order chi connectivity index (χ0) is 15.3. The highest BCUT2D eigenvalue weighted by atomic mass is 32.2. The van der Waals surface area contributed by atoms with Crippen molar-refractivity contribution in [2.24, 2.45) is 0 Å². The highest BCUT2D eigenvalue weighted by Gasteiger charge is 2.16. The molecule has 0 fully saturated rings. The van der Waals surface area contributed by atoms with Gasteiger partial charge in [-0.15, -0.1) is 0 Å². The van der Waals surface area contributed by atoms with Gasteiger partial charge in [-0.2, -0.15) is 0 Å². The monoisotopic (exact) mass is 300 g/mol. The molecule has 0 heterocycles. The predicted octanol–water partition coefficient (Wildman–Crippen LogP) is 1.04. The van der Waals surface area contributed by atoms with E-state index in [2.05, 4.69) is 5.32 Å². The van der Waals surface area contributed by atoms with E-state index in [-0.39, 0.29) is 17.2 Å². The van der Waals surface area contributed by atoms with Crippen molar-refractivity contribution in [3.05, 3.63) is 24.3 Å². The van der Waals surface area contributed by atoms with Crippen LogP contribution in [0.5, 0.6) is 0 Å². The van der Waals surface area contributed by atoms with E-state index >= 15 is 0 Å². The van der Waals surface area contributed by atoms with E-state index in [1.165, 1.54) is 38.4 Å². The summed E-state index contributed by atoms with van der Waals surface area (Å²) in [5.74, 6) is -0.214. The van der Waals surface area contributed by atoms with E-state index in [9.17, 15) is 13.2 Å². The fraction of sp³-hybridized carbons (Fsp3) is 0.462. The average Bonchev–Trinajstić information content (AvgIpc) is 2.37. The van der Waals surface area contributed by atoms with E-state index in [1.54, 1.807) is 6.92 Å². The lowest BCUT2D eigenvalue weighted by molar-refractivity contribution is -0.116. The molecule has 0 bridgehead atoms. The molecule has 0 spiro atoms. The Bertz CT molecular complexity index is 550. The molecule has 1 atom stereocenters. The molecule has 2 N–H and O–H groups in total. The SMILES string of the molecule is CC(O)CCC(=O)Nc1ccc(S(=O)(=O)N(C)C)cc1. The quantitative estimate of drug-likeness (QED) is 0.821. The number of hydrogen-bond acceptors (Lipinski definition) is 4. The second kappa shape index (κ2) is 6.83. The molecule has 0 radical (unpaired) electrons. The molecule has 1 amide bonds. The molecule has 0 aliphatic carbocycles. The molecule has 0 aliphatic rings. The number of nitrogens with zero attached hydrogens (tertiary/aromatic N) is 1. The third kappa shape index (κ3) is 4.59. The van der Waals surface area contributed by atoms with Crippen molar-refractivity contribution in [1.82, 2.24) is 4.31 Å². The first-order valence-corrected chi connectivity index (χ1v) is 7.68. The number of amides is 1. The third-order valence-electron chi connectivity index (χ3n) is 2.71. The fourth-order valence-corrected chi connectivity index (χ4v) is 2.39. The summed E-state index contributed by atoms with van der Waals surface area (Å²) in [5.41, 5.74) is 0.526. The van der Waals surface area contributed by atoms with Gasteiger partial charge in [-0.1, -0.05) is 0 Å². The normalized spacial score (nSPS) is 13.2. The number of anilines is 1. The summed E-state index contributed by atoms with van der Waals surface area (Å²) < 4.78 is 24.8. The topological polar surface area (TPSA) is 86.7 Å². The van der Waals surface area contributed by atoms with Gasteiger partial charge in [0.25, 0.3) is 0 Å². The molecule has 0 aromatic heterocycles. The van der Waals surface area contributed by atoms with Gasteiger partial charge in [-0.25, -0.2) is 12.7 Å². The van der Waals surface area contributed by atoms with Gasteiger partial charge in [-0.3, -0.25) is 4.79 Å². The second-order valence-corrected chi connectivity index (χ2v) is 6.90. The molecule has 6 nitrogen and oxygen atoms in total. The summed E-state index contributed by atoms with van der Waals surface area (Å²) in [5, 5.41) is 11.7. The van der Waals surface area contributed by atoms with Crippen LogP contribution in [0, 0.1) is 0 Å². The van der Waals surface area contributed by atoms with Gasteiger partial charge in [0, 0.05) is 26.2 Å². The molecular formula is C13H20N2O4S. The van der Waals surface area contributed by atoms with Crippen molar-refractivity contribution in [3.8, 4) is 0 Å². The van der Waals surface area contributed by atoms with Crippen LogP contribution in [-0.2, 0) is 14.8 Å². The lowest BCUT2D eigenvalue weighted by Gasteiger charge is -2.12. The van der Waals surface area contributed by atoms with Crippen LogP contribution in [0.25, 0.3) is 0 Å². The second-order valence-electron chi connectivity index (χ2n) is 4.75. The number of carbonyl (C=O) groups excluding carboxylic acids is 1. The number of benzene rings is 1. The standard InChI is InChI=1S/C13H20N2O4S/c1-10(16)4-9-13(17)14-11-5-7-12(8-6-11)20(18,19)15(2)3/h5-8,10,16H,4,9H2,1-3H3,(H,14,17). The number of carbonyl (C=O) groups is 1. The Morgan fingerprint density at radius 1 is 1.30 bits per heavy atom. The molecule has 1 aromatic rings. The Morgan fingerprint density at radius 3 is 2.30 bits per heavy atom. The first kappa shape index (κ1) is 16.6. The van der Waals surface area contributed by atoms with E-state index in [0.717, 1.165) is 4.31 Å². The third-order valence-corrected chi connectivity index (χ3v) is 4.54. The predicted molar refractivity (Wildman–Crippen MR) is 76.9 cm³/mol. The van der Waals surface area contributed by atoms with Crippen molar-refractivity contribution in [2.45, 2.75) is 30.8 Å². The van der Waals surface area contributed by atoms with Crippen LogP contribution in [-0.4, -0.2) is 43.9 Å². The highest BCUT2D eigenvalue weighted by molar-refractivity contribution is 7.89. The van der Waals surface area contributed by atoms with Crippen LogP contribution in [0.1, 0.15) is 19.8 Å². The van der Waals surface area contributed by atoms with E-state index in [1.807, 2.05) is 0 Å². The van der Waals surface area contributed by atoms with Crippen molar-refractivity contribution in [2.75, 3.05) is 19.4 Å². The maximum absolute atomic E-state index is 11.9. The number of rotatable bonds is 6. The molecule has 1 unspecified atom stereocenters. The summed E-state index contributed by atoms with van der Waals surface area (Å²) in [6.45, 7) is 1.62. The van der Waals surface area contributed by atoms with Gasteiger partial charge < -0.3 is 10.4 Å². The van der Waals surface area contributed by atoms with Crippen LogP contribution >= 0.6 is 0 Å². The van der Waals surface area contributed by atoms with Crippen LogP contribution in [0.2, 0.25) is 0 Å². The molecule has 112 valence electrons. The Balaban J connectivity index is 2.71. The summed E-state index contributed by atoms with van der Waals surface area (Å²) in [6.07, 6.45) is 0.0855. The largest absolute Gasteiger partial charge is 0.393 e. The molecular weight excluding hydrogens is 280 g/mol. The first-order valence-electron chi connectivity index (χ1n) is 6.24. The van der Waals surface area contributed by atoms with Crippen LogP contribution in [0.15, 0.2) is 29.2 Å². The molecule has 0 saturated carbocycles. The molecule has 1 rings (SSSR count). The summed E-state index contributed by atoms with van der Waals surface area (Å²) in [4.78, 5) is 11.7. The fourth-order valence-electron chi connectivity index (χ4n) is 1.48. The zero-order valence-electron chi connectivity index (χ0n) is 11.8. The molecule has 7 heteroatoms. The number of aliphatic hydroxyl groups excluding tert-OH is 1. The Kier molecular flexibility index (Phi) is 5.67. The van der Waals surface area contributed by atoms with Gasteiger partial charge in [0.05, 0.1) is 11.0 Å². The summed E-state index contributed by atoms with van der Waals surface area (Å²) in [6, 6.07) is 5.96. The van der Waals surface area contributed by atoms with Crippen molar-refractivity contribution >= 4 is 21.6 Å². The minimum atomic E-state index is -3.46. The summed E-state index contributed by atoms with van der Waals surface area (Å²) >= 11 is 0. The highest BCUT2D eigenvalue weighted by Crippen LogP contribution is 2.16. The van der Waals surface area contributed by atoms with E-state index in [0.29, 0.717) is 12.1 Å². The molecule has 1 aromatic carbocycles. The van der Waals surface area contributed by atoms with Gasteiger partial charge in [-0.05, 0) is 37.6 Å². The van der Waals surface area contributed by atoms with Crippen LogP contribution in [0.3, 0.4) is 0 Å². The average molecular weight is 300 g/mol. The van der Waals surface area contributed by atoms with Crippen molar-refractivity contribution in [3.63, 3.8) is 0 Å². The van der Waals surface area contributed by atoms with Crippen LogP contribution < -0.4 is 5.32 Å². The maximum Gasteiger partial charge on any atom is 0.242 e. The molecule has 20 heavy (non-hydrogen) atoms. The molecule has 0 saturated heterocycles. The Morgan fingerprint density at radius 2 is 1.85 bits per heavy atom. The van der Waals surface area contributed by atoms with E-state index < -0.39 is 16.1 Å². The van der Waals surface area contributed by atoms with Gasteiger partial charge in [0.2, 0.25) is 15.9 Å². The first-order chi connectivity index (χ1) is 9.23. The van der Waals surface area contributed by atoms with Gasteiger partial charge in [0.15, 0.2) is 0 Å². The lowest BCUT2D eigenvalue weighted by Crippen LogP contribution is -2.22. The summed E-state index contributed by atoms with van der Waals surface area (Å²) in [7, 11) is -0.537. The lowest BCUT2D eigenvalue weighted by atomic mass is 10.2. The van der Waals surface area contributed by atoms with Crippen LogP contribution in [0.4, 0.5) is 5.69 Å². The van der Waals surface area contributed by atoms with Gasteiger partial charge >= 0.3 is 0 Å². The Labute approximate surface area is 119 Å². The number of nitrogens with one attached hydrogen (secondary N) is 1. The number of sulfonamides is 1. The number of hydrogen-bond donors (Lipinski definition) is 2. The Hall–Kier alpha value is -1.44. The number of aliphatic hydroxyl groups is 1. The minimum Gasteiger partial charge on any atom is -0.393 e. The zero-order valence-corrected chi connectivity index (χ0v) is 12.6. The van der Waals surface area contributed by atoms with Crippen molar-refractivity contribution < 1.29 is 18.3 Å². The molecule has 0 aliphatic heterocycles.